The lowest BCUT2D eigenvalue weighted by atomic mass is 10.1. The average molecular weight is 568 g/mol. The SMILES string of the molecule is CCOC(=O)c1c(NC(=O)CSc2nnc(-c3ccc(Br)o3)n2C(C)C)sc2c1CCCCC2. The number of fused-ring (bicyclic) bond motifs is 1. The Bertz CT molecular complexity index is 1180. The van der Waals surface area contributed by atoms with Gasteiger partial charge in [0.25, 0.3) is 0 Å². The summed E-state index contributed by atoms with van der Waals surface area (Å²) in [4.78, 5) is 26.8. The molecule has 34 heavy (non-hydrogen) atoms. The topological polar surface area (TPSA) is 99.2 Å². The Morgan fingerprint density at radius 1 is 1.26 bits per heavy atom. The number of amides is 1. The number of hydrogen-bond donors (Lipinski definition) is 1. The highest BCUT2D eigenvalue weighted by Gasteiger charge is 2.27. The van der Waals surface area contributed by atoms with Crippen molar-refractivity contribution in [2.45, 2.75) is 64.1 Å². The molecule has 0 aromatic carbocycles. The van der Waals surface area contributed by atoms with Gasteiger partial charge in [-0.1, -0.05) is 18.2 Å². The first-order valence-corrected chi connectivity index (χ1v) is 13.9. The van der Waals surface area contributed by atoms with Gasteiger partial charge >= 0.3 is 5.97 Å². The summed E-state index contributed by atoms with van der Waals surface area (Å²) in [5.41, 5.74) is 1.57. The van der Waals surface area contributed by atoms with Crippen LogP contribution in [0.4, 0.5) is 5.00 Å². The lowest BCUT2D eigenvalue weighted by Gasteiger charge is -2.12. The number of anilines is 1. The van der Waals surface area contributed by atoms with Gasteiger partial charge in [0, 0.05) is 10.9 Å². The molecule has 8 nitrogen and oxygen atoms in total. The number of rotatable bonds is 8. The van der Waals surface area contributed by atoms with E-state index < -0.39 is 0 Å². The van der Waals surface area contributed by atoms with Crippen molar-refractivity contribution in [3.05, 3.63) is 32.8 Å². The molecule has 0 saturated heterocycles. The molecule has 0 radical (unpaired) electrons. The Labute approximate surface area is 215 Å². The maximum absolute atomic E-state index is 12.9. The van der Waals surface area contributed by atoms with E-state index in [1.165, 1.54) is 28.0 Å². The van der Waals surface area contributed by atoms with E-state index in [9.17, 15) is 9.59 Å². The number of aromatic nitrogens is 3. The lowest BCUT2D eigenvalue weighted by Crippen LogP contribution is -2.17. The highest BCUT2D eigenvalue weighted by atomic mass is 79.9. The number of halogens is 1. The zero-order chi connectivity index (χ0) is 24.2. The van der Waals surface area contributed by atoms with Gasteiger partial charge in [-0.05, 0) is 80.1 Å². The molecule has 0 atom stereocenters. The maximum atomic E-state index is 12.9. The Hall–Kier alpha value is -2.11. The molecule has 3 heterocycles. The molecule has 1 aliphatic rings. The number of nitrogens with zero attached hydrogens (tertiary/aromatic N) is 3. The molecule has 0 saturated carbocycles. The number of thiophene rings is 1. The molecule has 0 aliphatic heterocycles. The van der Waals surface area contributed by atoms with Crippen LogP contribution < -0.4 is 5.32 Å². The van der Waals surface area contributed by atoms with Crippen LogP contribution in [0.15, 0.2) is 26.4 Å². The largest absolute Gasteiger partial charge is 0.462 e. The van der Waals surface area contributed by atoms with E-state index in [0.29, 0.717) is 38.6 Å². The number of esters is 1. The lowest BCUT2D eigenvalue weighted by molar-refractivity contribution is -0.113. The third kappa shape index (κ3) is 5.41. The molecule has 3 aromatic heterocycles. The Kier molecular flexibility index (Phi) is 8.15. The van der Waals surface area contributed by atoms with Crippen LogP contribution >= 0.6 is 39.0 Å². The molecule has 0 spiro atoms. The van der Waals surface area contributed by atoms with Crippen LogP contribution in [-0.4, -0.2) is 39.0 Å². The fourth-order valence-electron chi connectivity index (χ4n) is 3.99. The summed E-state index contributed by atoms with van der Waals surface area (Å²) < 4.78 is 13.5. The summed E-state index contributed by atoms with van der Waals surface area (Å²) in [6.07, 6.45) is 5.06. The zero-order valence-electron chi connectivity index (χ0n) is 19.4. The van der Waals surface area contributed by atoms with Crippen molar-refractivity contribution in [2.75, 3.05) is 17.7 Å². The number of hydrogen-bond acceptors (Lipinski definition) is 8. The van der Waals surface area contributed by atoms with E-state index >= 15 is 0 Å². The molecule has 4 rings (SSSR count). The van der Waals surface area contributed by atoms with Crippen LogP contribution in [0, 0.1) is 0 Å². The molecule has 0 bridgehead atoms. The highest BCUT2D eigenvalue weighted by Crippen LogP contribution is 2.38. The predicted octanol–water partition coefficient (Wildman–Crippen LogP) is 6.12. The van der Waals surface area contributed by atoms with Crippen LogP contribution in [0.5, 0.6) is 0 Å². The fraction of sp³-hybridized carbons (Fsp3) is 0.478. The first-order chi connectivity index (χ1) is 16.4. The zero-order valence-corrected chi connectivity index (χ0v) is 22.6. The van der Waals surface area contributed by atoms with Gasteiger partial charge in [-0.25, -0.2) is 4.79 Å². The van der Waals surface area contributed by atoms with E-state index in [4.69, 9.17) is 9.15 Å². The minimum atomic E-state index is -0.362. The van der Waals surface area contributed by atoms with Gasteiger partial charge in [0.05, 0.1) is 17.9 Å². The third-order valence-electron chi connectivity index (χ3n) is 5.46. The molecule has 1 aliphatic carbocycles. The van der Waals surface area contributed by atoms with Crippen LogP contribution in [0.2, 0.25) is 0 Å². The summed E-state index contributed by atoms with van der Waals surface area (Å²) in [7, 11) is 0. The number of aryl methyl sites for hydroxylation is 1. The first-order valence-electron chi connectivity index (χ1n) is 11.3. The fourth-order valence-corrected chi connectivity index (χ4v) is 6.45. The van der Waals surface area contributed by atoms with Crippen molar-refractivity contribution in [2.24, 2.45) is 0 Å². The molecule has 11 heteroatoms. The van der Waals surface area contributed by atoms with E-state index in [1.807, 2.05) is 24.5 Å². The van der Waals surface area contributed by atoms with Crippen LogP contribution in [-0.2, 0) is 22.4 Å². The summed E-state index contributed by atoms with van der Waals surface area (Å²) in [6.45, 7) is 6.14. The predicted molar refractivity (Wildman–Crippen MR) is 137 cm³/mol. The molecular formula is C23H27BrN4O4S2. The molecular weight excluding hydrogens is 540 g/mol. The smallest absolute Gasteiger partial charge is 0.341 e. The van der Waals surface area contributed by atoms with Gasteiger partial charge in [-0.15, -0.1) is 21.5 Å². The Morgan fingerprint density at radius 3 is 2.76 bits per heavy atom. The van der Waals surface area contributed by atoms with Crippen LogP contribution in [0.1, 0.15) is 66.9 Å². The number of thioether (sulfide) groups is 1. The van der Waals surface area contributed by atoms with Gasteiger partial charge in [0.2, 0.25) is 11.7 Å². The van der Waals surface area contributed by atoms with Crippen molar-refractivity contribution in [1.29, 1.82) is 0 Å². The van der Waals surface area contributed by atoms with Crippen LogP contribution in [0.25, 0.3) is 11.6 Å². The molecule has 0 fully saturated rings. The van der Waals surface area contributed by atoms with Gasteiger partial charge in [0.15, 0.2) is 15.6 Å². The van der Waals surface area contributed by atoms with Gasteiger partial charge in [-0.2, -0.15) is 0 Å². The molecule has 1 amide bonds. The maximum Gasteiger partial charge on any atom is 0.341 e. The number of furan rings is 1. The normalized spacial score (nSPS) is 13.6. The van der Waals surface area contributed by atoms with Gasteiger partial charge in [-0.3, -0.25) is 9.36 Å². The van der Waals surface area contributed by atoms with Gasteiger partial charge < -0.3 is 14.5 Å². The Morgan fingerprint density at radius 2 is 2.06 bits per heavy atom. The van der Waals surface area contributed by atoms with Crippen molar-refractivity contribution in [3.8, 4) is 11.6 Å². The summed E-state index contributed by atoms with van der Waals surface area (Å²) >= 11 is 6.12. The van der Waals surface area contributed by atoms with E-state index in [0.717, 1.165) is 37.7 Å². The van der Waals surface area contributed by atoms with E-state index in [-0.39, 0.29) is 23.7 Å². The van der Waals surface area contributed by atoms with Crippen molar-refractivity contribution >= 4 is 55.9 Å². The highest BCUT2D eigenvalue weighted by molar-refractivity contribution is 9.10. The van der Waals surface area contributed by atoms with E-state index in [1.54, 1.807) is 13.0 Å². The number of carbonyl (C=O) groups excluding carboxylic acids is 2. The van der Waals surface area contributed by atoms with Crippen molar-refractivity contribution < 1.29 is 18.7 Å². The Balaban J connectivity index is 1.51. The number of carbonyl (C=O) groups is 2. The molecule has 182 valence electrons. The second kappa shape index (κ2) is 11.1. The second-order valence-corrected chi connectivity index (χ2v) is 11.0. The van der Waals surface area contributed by atoms with Crippen molar-refractivity contribution in [1.82, 2.24) is 14.8 Å². The molecule has 0 unspecified atom stereocenters. The summed E-state index contributed by atoms with van der Waals surface area (Å²) in [5, 5.41) is 12.7. The first kappa shape index (κ1) is 25.0. The van der Waals surface area contributed by atoms with E-state index in [2.05, 4.69) is 31.4 Å². The summed E-state index contributed by atoms with van der Waals surface area (Å²) in [6, 6.07) is 3.70. The monoisotopic (exact) mass is 566 g/mol. The van der Waals surface area contributed by atoms with Crippen molar-refractivity contribution in [3.63, 3.8) is 0 Å². The average Bonchev–Trinajstić information content (AvgIpc) is 3.45. The standard InChI is InChI=1S/C23H27BrN4O4S2/c1-4-31-22(30)19-14-8-6-5-7-9-16(14)34-21(19)25-18(29)12-33-23-27-26-20(28(23)13(2)3)15-10-11-17(24)32-15/h10-11,13H,4-9,12H2,1-3H3,(H,25,29). The van der Waals surface area contributed by atoms with Crippen LogP contribution in [0.3, 0.4) is 0 Å². The number of ether oxygens (including phenoxy) is 1. The minimum absolute atomic E-state index is 0.0720. The quantitative estimate of drug-likeness (QED) is 0.199. The molecule has 3 aromatic rings. The van der Waals surface area contributed by atoms with Gasteiger partial charge in [0.1, 0.15) is 5.00 Å². The second-order valence-electron chi connectivity index (χ2n) is 8.20. The molecule has 1 N–H and O–H groups in total. The minimum Gasteiger partial charge on any atom is -0.462 e. The summed E-state index contributed by atoms with van der Waals surface area (Å²) in [5.74, 6) is 0.780. The third-order valence-corrected chi connectivity index (χ3v) is 8.04. The number of nitrogens with one attached hydrogen (secondary N) is 1.